The molecular formula is C36H36F2N2O3S. The molecule has 0 aliphatic rings. The van der Waals surface area contributed by atoms with E-state index in [0.29, 0.717) is 29.0 Å². The zero-order valence-corrected chi connectivity index (χ0v) is 26.1. The Labute approximate surface area is 261 Å². The molecule has 1 amide bonds. The lowest BCUT2D eigenvalue weighted by Crippen LogP contribution is -2.28. The average Bonchev–Trinajstić information content (AvgIpc) is 2.98. The zero-order valence-electron chi connectivity index (χ0n) is 25.2. The van der Waals surface area contributed by atoms with Gasteiger partial charge in [0, 0.05) is 36.2 Å². The van der Waals surface area contributed by atoms with E-state index in [2.05, 4.69) is 31.3 Å². The Kier molecular flexibility index (Phi) is 11.0. The average molecular weight is 615 g/mol. The Hall–Kier alpha value is -4.43. The summed E-state index contributed by atoms with van der Waals surface area (Å²) in [5.41, 5.74) is 5.98. The van der Waals surface area contributed by atoms with Gasteiger partial charge in [0.15, 0.2) is 0 Å². The molecule has 0 spiro atoms. The van der Waals surface area contributed by atoms with Gasteiger partial charge in [-0.1, -0.05) is 56.3 Å². The topological polar surface area (TPSA) is 69.6 Å². The first-order chi connectivity index (χ1) is 21.0. The van der Waals surface area contributed by atoms with E-state index < -0.39 is 23.5 Å². The molecule has 0 saturated heterocycles. The van der Waals surface area contributed by atoms with E-state index in [0.717, 1.165) is 34.0 Å². The zero-order chi connectivity index (χ0) is 31.8. The molecule has 0 aliphatic heterocycles. The number of nitrogens with one attached hydrogen (secondary N) is 1. The van der Waals surface area contributed by atoms with Crippen molar-refractivity contribution in [1.82, 2.24) is 5.32 Å². The van der Waals surface area contributed by atoms with Crippen LogP contribution in [0.3, 0.4) is 0 Å². The molecule has 4 aromatic rings. The first kappa shape index (κ1) is 32.5. The fraction of sp³-hybridized carbons (Fsp3) is 0.222. The maximum absolute atomic E-state index is 14.1. The summed E-state index contributed by atoms with van der Waals surface area (Å²) in [6.45, 7) is 6.80. The van der Waals surface area contributed by atoms with Gasteiger partial charge in [0.05, 0.1) is 0 Å². The van der Waals surface area contributed by atoms with Gasteiger partial charge in [0.25, 0.3) is 5.91 Å². The van der Waals surface area contributed by atoms with Crippen LogP contribution in [-0.4, -0.2) is 29.0 Å². The molecule has 0 heterocycles. The first-order valence-electron chi connectivity index (χ1n) is 14.3. The van der Waals surface area contributed by atoms with Crippen molar-refractivity contribution in [3.63, 3.8) is 0 Å². The minimum absolute atomic E-state index is 0.178. The normalized spacial score (nSPS) is 11.5. The molecule has 0 saturated carbocycles. The van der Waals surface area contributed by atoms with Crippen LogP contribution in [0.2, 0.25) is 0 Å². The molecule has 0 aromatic heterocycles. The monoisotopic (exact) mass is 614 g/mol. The molecule has 5 nitrogen and oxygen atoms in total. The quantitative estimate of drug-likeness (QED) is 0.157. The number of aryl methyl sites for hydroxylation is 1. The number of nitrogens with zero attached hydrogens (tertiary/aromatic N) is 1. The van der Waals surface area contributed by atoms with Gasteiger partial charge >= 0.3 is 5.97 Å². The van der Waals surface area contributed by atoms with Crippen molar-refractivity contribution in [1.29, 1.82) is 0 Å². The van der Waals surface area contributed by atoms with Crippen LogP contribution in [0.5, 0.6) is 0 Å². The predicted octanol–water partition coefficient (Wildman–Crippen LogP) is 8.33. The van der Waals surface area contributed by atoms with E-state index in [4.69, 9.17) is 0 Å². The molecule has 228 valence electrons. The Bertz CT molecular complexity index is 1670. The first-order valence-corrected chi connectivity index (χ1v) is 15.7. The van der Waals surface area contributed by atoms with Crippen LogP contribution in [0.15, 0.2) is 96.7 Å². The summed E-state index contributed by atoms with van der Waals surface area (Å²) in [6, 6.07) is 24.7. The Balaban J connectivity index is 1.78. The number of hydrogen-bond donors (Lipinski definition) is 2. The van der Waals surface area contributed by atoms with Gasteiger partial charge in [-0.3, -0.25) is 4.79 Å². The molecule has 0 fully saturated rings. The molecule has 0 bridgehead atoms. The summed E-state index contributed by atoms with van der Waals surface area (Å²) in [4.78, 5) is 27.3. The Morgan fingerprint density at radius 3 is 2.25 bits per heavy atom. The van der Waals surface area contributed by atoms with Gasteiger partial charge in [-0.2, -0.15) is 11.8 Å². The summed E-state index contributed by atoms with van der Waals surface area (Å²) >= 11 is 1.44. The van der Waals surface area contributed by atoms with E-state index in [9.17, 15) is 23.5 Å². The standard InChI is InChI=1S/C36H36F2N2O3S/c1-23(2)27-9-7-10-30(19-27)40(22-26-16-28(37)20-29(38)17-26)21-25-12-13-32(33(18-25)31-11-6-5-8-24(31)3)35(41)39-34(36(42)43)14-15-44-4/h5-14,16-20,23H,15,21-22H2,1-4H3,(H,39,41)(H,42,43)/b34-14+. The van der Waals surface area contributed by atoms with Gasteiger partial charge in [0.2, 0.25) is 0 Å². The highest BCUT2D eigenvalue weighted by atomic mass is 32.2. The van der Waals surface area contributed by atoms with E-state index in [1.54, 1.807) is 6.07 Å². The fourth-order valence-electron chi connectivity index (χ4n) is 5.00. The van der Waals surface area contributed by atoms with Gasteiger partial charge in [-0.05, 0) is 95.0 Å². The minimum atomic E-state index is -1.21. The summed E-state index contributed by atoms with van der Waals surface area (Å²) in [6.07, 6.45) is 3.32. The number of aliphatic carboxylic acids is 1. The number of carboxylic acids is 1. The second-order valence-electron chi connectivity index (χ2n) is 10.9. The number of hydrogen-bond acceptors (Lipinski definition) is 4. The Morgan fingerprint density at radius 2 is 1.59 bits per heavy atom. The molecular weight excluding hydrogens is 578 g/mol. The summed E-state index contributed by atoms with van der Waals surface area (Å²) < 4.78 is 28.3. The number of thioether (sulfide) groups is 1. The third-order valence-electron chi connectivity index (χ3n) is 7.27. The molecule has 0 unspecified atom stereocenters. The number of halogens is 2. The SMILES string of the molecule is CSC/C=C(/NC(=O)c1ccc(CN(Cc2cc(F)cc(F)c2)c2cccc(C(C)C)c2)cc1-c1ccccc1C)C(=O)O. The molecule has 44 heavy (non-hydrogen) atoms. The second-order valence-corrected chi connectivity index (χ2v) is 11.8. The van der Waals surface area contributed by atoms with Crippen LogP contribution in [-0.2, 0) is 17.9 Å². The lowest BCUT2D eigenvalue weighted by Gasteiger charge is -2.27. The smallest absolute Gasteiger partial charge is 0.352 e. The van der Waals surface area contributed by atoms with Crippen molar-refractivity contribution >= 4 is 29.3 Å². The van der Waals surface area contributed by atoms with Gasteiger partial charge in [-0.15, -0.1) is 0 Å². The highest BCUT2D eigenvalue weighted by Crippen LogP contribution is 2.31. The lowest BCUT2D eigenvalue weighted by atomic mass is 9.93. The van der Waals surface area contributed by atoms with Crippen LogP contribution in [0.4, 0.5) is 14.5 Å². The maximum Gasteiger partial charge on any atom is 0.352 e. The van der Waals surface area contributed by atoms with Crippen LogP contribution < -0.4 is 10.2 Å². The van der Waals surface area contributed by atoms with Crippen molar-refractivity contribution in [2.24, 2.45) is 0 Å². The van der Waals surface area contributed by atoms with Crippen LogP contribution in [0.1, 0.15) is 52.4 Å². The second kappa shape index (κ2) is 14.8. The number of carbonyl (C=O) groups excluding carboxylic acids is 1. The summed E-state index contributed by atoms with van der Waals surface area (Å²) in [5.74, 6) is -2.29. The third-order valence-corrected chi connectivity index (χ3v) is 7.77. The van der Waals surface area contributed by atoms with Crippen LogP contribution in [0, 0.1) is 18.6 Å². The summed E-state index contributed by atoms with van der Waals surface area (Å²) in [7, 11) is 0. The van der Waals surface area contributed by atoms with Crippen LogP contribution >= 0.6 is 11.8 Å². The number of carboxylic acid groups (broad SMARTS) is 1. The molecule has 0 aliphatic carbocycles. The van der Waals surface area contributed by atoms with E-state index in [-0.39, 0.29) is 18.2 Å². The van der Waals surface area contributed by atoms with Crippen molar-refractivity contribution < 1.29 is 23.5 Å². The molecule has 0 radical (unpaired) electrons. The molecule has 8 heteroatoms. The Morgan fingerprint density at radius 1 is 0.886 bits per heavy atom. The van der Waals surface area contributed by atoms with E-state index >= 15 is 0 Å². The summed E-state index contributed by atoms with van der Waals surface area (Å²) in [5, 5.41) is 12.2. The fourth-order valence-corrected chi connectivity index (χ4v) is 5.33. The predicted molar refractivity (Wildman–Crippen MR) is 175 cm³/mol. The number of benzene rings is 4. The minimum Gasteiger partial charge on any atom is -0.477 e. The number of anilines is 1. The van der Waals surface area contributed by atoms with Gasteiger partial charge in [-0.25, -0.2) is 13.6 Å². The molecule has 4 aromatic carbocycles. The van der Waals surface area contributed by atoms with Crippen molar-refractivity contribution in [2.75, 3.05) is 16.9 Å². The lowest BCUT2D eigenvalue weighted by molar-refractivity contribution is -0.133. The molecule has 2 N–H and O–H groups in total. The highest BCUT2D eigenvalue weighted by Gasteiger charge is 2.20. The number of carbonyl (C=O) groups is 2. The van der Waals surface area contributed by atoms with E-state index in [1.807, 2.05) is 66.6 Å². The van der Waals surface area contributed by atoms with Gasteiger partial charge < -0.3 is 15.3 Å². The number of rotatable bonds is 12. The maximum atomic E-state index is 14.1. The van der Waals surface area contributed by atoms with E-state index in [1.165, 1.54) is 30.0 Å². The van der Waals surface area contributed by atoms with Crippen molar-refractivity contribution in [3.05, 3.63) is 136 Å². The third kappa shape index (κ3) is 8.35. The molecule has 0 atom stereocenters. The van der Waals surface area contributed by atoms with Crippen molar-refractivity contribution in [3.8, 4) is 11.1 Å². The van der Waals surface area contributed by atoms with Crippen LogP contribution in [0.25, 0.3) is 11.1 Å². The van der Waals surface area contributed by atoms with Gasteiger partial charge in [0.1, 0.15) is 17.3 Å². The largest absolute Gasteiger partial charge is 0.477 e. The highest BCUT2D eigenvalue weighted by molar-refractivity contribution is 7.98. The van der Waals surface area contributed by atoms with Crippen molar-refractivity contribution in [2.45, 2.75) is 39.8 Å². The number of amides is 1. The molecule has 4 rings (SSSR count).